The van der Waals surface area contributed by atoms with E-state index in [1.807, 2.05) is 0 Å². The second-order valence-corrected chi connectivity index (χ2v) is 6.23. The van der Waals surface area contributed by atoms with Gasteiger partial charge in [0.05, 0.1) is 6.54 Å². The maximum Gasteiger partial charge on any atom is 0.401 e. The highest BCUT2D eigenvalue weighted by atomic mass is 79.9. The lowest BCUT2D eigenvalue weighted by molar-refractivity contribution is -0.143. The largest absolute Gasteiger partial charge is 0.401 e. The highest BCUT2D eigenvalue weighted by Gasteiger charge is 2.34. The zero-order chi connectivity index (χ0) is 15.5. The van der Waals surface area contributed by atoms with Gasteiger partial charge in [-0.1, -0.05) is 15.9 Å². The zero-order valence-electron chi connectivity index (χ0n) is 11.4. The lowest BCUT2D eigenvalue weighted by atomic mass is 10.1. The predicted octanol–water partition coefficient (Wildman–Crippen LogP) is 3.56. The normalized spacial score (nSPS) is 20.1. The average molecular weight is 369 g/mol. The van der Waals surface area contributed by atoms with Gasteiger partial charge in [0.2, 0.25) is 0 Å². The third-order valence-electron chi connectivity index (χ3n) is 3.53. The second kappa shape index (κ2) is 7.07. The molecule has 1 N–H and O–H groups in total. The van der Waals surface area contributed by atoms with Crippen LogP contribution < -0.4 is 5.32 Å². The number of nitrogens with zero attached hydrogens (tertiary/aromatic N) is 1. The fourth-order valence-corrected chi connectivity index (χ4v) is 2.95. The van der Waals surface area contributed by atoms with E-state index in [2.05, 4.69) is 21.2 Å². The van der Waals surface area contributed by atoms with Crippen molar-refractivity contribution in [3.8, 4) is 0 Å². The Morgan fingerprint density at radius 3 is 2.81 bits per heavy atom. The molecule has 118 valence electrons. The molecular formula is C14H17BrF4N2. The van der Waals surface area contributed by atoms with Crippen LogP contribution in [0.4, 0.5) is 17.6 Å². The number of benzene rings is 1. The zero-order valence-corrected chi connectivity index (χ0v) is 13.0. The lowest BCUT2D eigenvalue weighted by Crippen LogP contribution is -2.33. The summed E-state index contributed by atoms with van der Waals surface area (Å²) in [4.78, 5) is 1.43. The van der Waals surface area contributed by atoms with Crippen molar-refractivity contribution < 1.29 is 17.6 Å². The summed E-state index contributed by atoms with van der Waals surface area (Å²) in [6, 6.07) is 4.47. The van der Waals surface area contributed by atoms with Crippen LogP contribution in [-0.2, 0) is 6.54 Å². The Morgan fingerprint density at radius 2 is 2.10 bits per heavy atom. The predicted molar refractivity (Wildman–Crippen MR) is 76.4 cm³/mol. The smallest absolute Gasteiger partial charge is 0.312 e. The molecule has 1 heterocycles. The number of alkyl halides is 3. The van der Waals surface area contributed by atoms with E-state index in [1.165, 1.54) is 17.0 Å². The van der Waals surface area contributed by atoms with Gasteiger partial charge < -0.3 is 5.32 Å². The van der Waals surface area contributed by atoms with Crippen molar-refractivity contribution in [3.63, 3.8) is 0 Å². The van der Waals surface area contributed by atoms with Gasteiger partial charge in [0.15, 0.2) is 0 Å². The molecule has 2 rings (SSSR count). The first-order chi connectivity index (χ1) is 9.83. The van der Waals surface area contributed by atoms with Crippen molar-refractivity contribution >= 4 is 15.9 Å². The first kappa shape index (κ1) is 16.7. The molecule has 1 aliphatic rings. The van der Waals surface area contributed by atoms with E-state index >= 15 is 0 Å². The maximum absolute atomic E-state index is 13.1. The molecule has 1 aromatic rings. The molecule has 21 heavy (non-hydrogen) atoms. The van der Waals surface area contributed by atoms with Gasteiger partial charge in [-0.15, -0.1) is 0 Å². The number of halogens is 5. The Morgan fingerprint density at radius 1 is 1.33 bits per heavy atom. The van der Waals surface area contributed by atoms with Gasteiger partial charge in [-0.3, -0.25) is 4.90 Å². The molecule has 1 atom stereocenters. The summed E-state index contributed by atoms with van der Waals surface area (Å²) in [6.45, 7) is 1.23. The molecule has 2 nitrogen and oxygen atoms in total. The molecule has 1 unspecified atom stereocenters. The SMILES string of the molecule is Fc1ccc(Br)c(CNCC2CCN(CC(F)(F)F)C2)c1. The van der Waals surface area contributed by atoms with E-state index in [0.29, 0.717) is 26.2 Å². The Hall–Kier alpha value is -0.660. The Kier molecular flexibility index (Phi) is 5.62. The van der Waals surface area contributed by atoms with E-state index in [1.54, 1.807) is 6.07 Å². The molecule has 0 amide bonds. The fraction of sp³-hybridized carbons (Fsp3) is 0.571. The van der Waals surface area contributed by atoms with Crippen LogP contribution >= 0.6 is 15.9 Å². The van der Waals surface area contributed by atoms with E-state index < -0.39 is 12.7 Å². The molecule has 1 aliphatic heterocycles. The summed E-state index contributed by atoms with van der Waals surface area (Å²) >= 11 is 3.35. The van der Waals surface area contributed by atoms with Gasteiger partial charge in [-0.05, 0) is 49.2 Å². The number of rotatable bonds is 5. The molecule has 7 heteroatoms. The van der Waals surface area contributed by atoms with Crippen LogP contribution in [0.1, 0.15) is 12.0 Å². The first-order valence-electron chi connectivity index (χ1n) is 6.77. The third-order valence-corrected chi connectivity index (χ3v) is 4.30. The molecular weight excluding hydrogens is 352 g/mol. The number of hydrogen-bond donors (Lipinski definition) is 1. The van der Waals surface area contributed by atoms with Crippen LogP contribution in [0.3, 0.4) is 0 Å². The van der Waals surface area contributed by atoms with Gasteiger partial charge in [0.1, 0.15) is 5.82 Å². The summed E-state index contributed by atoms with van der Waals surface area (Å²) in [5, 5.41) is 3.19. The second-order valence-electron chi connectivity index (χ2n) is 5.37. The van der Waals surface area contributed by atoms with Crippen molar-refractivity contribution in [1.82, 2.24) is 10.2 Å². The van der Waals surface area contributed by atoms with Crippen LogP contribution in [0.15, 0.2) is 22.7 Å². The number of hydrogen-bond acceptors (Lipinski definition) is 2. The van der Waals surface area contributed by atoms with E-state index in [0.717, 1.165) is 16.5 Å². The van der Waals surface area contributed by atoms with Crippen molar-refractivity contribution in [2.45, 2.75) is 19.1 Å². The molecule has 0 saturated carbocycles. The number of nitrogens with one attached hydrogen (secondary N) is 1. The molecule has 1 aromatic carbocycles. The first-order valence-corrected chi connectivity index (χ1v) is 7.56. The Balaban J connectivity index is 1.74. The summed E-state index contributed by atoms with van der Waals surface area (Å²) in [5.41, 5.74) is 0.806. The quantitative estimate of drug-likeness (QED) is 0.799. The topological polar surface area (TPSA) is 15.3 Å². The van der Waals surface area contributed by atoms with E-state index in [9.17, 15) is 17.6 Å². The van der Waals surface area contributed by atoms with Crippen molar-refractivity contribution in [2.24, 2.45) is 5.92 Å². The maximum atomic E-state index is 13.1. The summed E-state index contributed by atoms with van der Waals surface area (Å²) in [5.74, 6) is -0.0908. The molecule has 1 fully saturated rings. The van der Waals surface area contributed by atoms with Gasteiger partial charge in [-0.2, -0.15) is 13.2 Å². The molecule has 0 spiro atoms. The van der Waals surface area contributed by atoms with E-state index in [-0.39, 0.29) is 11.7 Å². The molecule has 1 saturated heterocycles. The standard InChI is InChI=1S/C14H17BrF4N2/c15-13-2-1-12(16)5-11(13)7-20-6-10-3-4-21(8-10)9-14(17,18)19/h1-2,5,10,20H,3-4,6-9H2. The van der Waals surface area contributed by atoms with Crippen LogP contribution in [-0.4, -0.2) is 37.3 Å². The third kappa shape index (κ3) is 5.56. The monoisotopic (exact) mass is 368 g/mol. The lowest BCUT2D eigenvalue weighted by Gasteiger charge is -2.18. The fourth-order valence-electron chi connectivity index (χ4n) is 2.57. The Bertz CT molecular complexity index is 479. The van der Waals surface area contributed by atoms with E-state index in [4.69, 9.17) is 0 Å². The van der Waals surface area contributed by atoms with Crippen molar-refractivity contribution in [2.75, 3.05) is 26.2 Å². The van der Waals surface area contributed by atoms with Crippen LogP contribution in [0.5, 0.6) is 0 Å². The van der Waals surface area contributed by atoms with Gasteiger partial charge in [0, 0.05) is 17.6 Å². The van der Waals surface area contributed by atoms with Gasteiger partial charge >= 0.3 is 6.18 Å². The highest BCUT2D eigenvalue weighted by molar-refractivity contribution is 9.10. The van der Waals surface area contributed by atoms with Gasteiger partial charge in [-0.25, -0.2) is 4.39 Å². The van der Waals surface area contributed by atoms with Crippen LogP contribution in [0.25, 0.3) is 0 Å². The molecule has 0 bridgehead atoms. The van der Waals surface area contributed by atoms with Crippen LogP contribution in [0, 0.1) is 11.7 Å². The van der Waals surface area contributed by atoms with Gasteiger partial charge in [0.25, 0.3) is 0 Å². The minimum atomic E-state index is -4.13. The highest BCUT2D eigenvalue weighted by Crippen LogP contribution is 2.23. The average Bonchev–Trinajstić information content (AvgIpc) is 2.79. The minimum Gasteiger partial charge on any atom is -0.312 e. The summed E-state index contributed by atoms with van der Waals surface area (Å²) in [7, 11) is 0. The minimum absolute atomic E-state index is 0.208. The van der Waals surface area contributed by atoms with Crippen molar-refractivity contribution in [3.05, 3.63) is 34.1 Å². The summed E-state index contributed by atoms with van der Waals surface area (Å²) < 4.78 is 50.8. The van der Waals surface area contributed by atoms with Crippen LogP contribution in [0.2, 0.25) is 0 Å². The van der Waals surface area contributed by atoms with Crippen molar-refractivity contribution in [1.29, 1.82) is 0 Å². The molecule has 0 aromatic heterocycles. The molecule has 0 aliphatic carbocycles. The number of likely N-dealkylation sites (tertiary alicyclic amines) is 1. The Labute approximate surface area is 129 Å². The summed E-state index contributed by atoms with van der Waals surface area (Å²) in [6.07, 6.45) is -3.37. The molecule has 0 radical (unpaired) electrons.